The number of alkyl halides is 3. The molecule has 1 amide bonds. The molecular formula is C13H23F3N2O. The molecule has 0 aromatic heterocycles. The summed E-state index contributed by atoms with van der Waals surface area (Å²) >= 11 is 0. The second-order valence-corrected chi connectivity index (χ2v) is 5.61. The van der Waals surface area contributed by atoms with Crippen molar-refractivity contribution in [3.63, 3.8) is 0 Å². The van der Waals surface area contributed by atoms with Gasteiger partial charge in [0.15, 0.2) is 0 Å². The minimum Gasteiger partial charge on any atom is -0.353 e. The molecule has 1 aliphatic carbocycles. The average molecular weight is 280 g/mol. The van der Waals surface area contributed by atoms with Gasteiger partial charge >= 0.3 is 6.18 Å². The summed E-state index contributed by atoms with van der Waals surface area (Å²) in [4.78, 5) is 12.0. The van der Waals surface area contributed by atoms with Gasteiger partial charge in [0.1, 0.15) is 0 Å². The highest BCUT2D eigenvalue weighted by atomic mass is 19.4. The molecular weight excluding hydrogens is 257 g/mol. The highest BCUT2D eigenvalue weighted by Gasteiger charge is 2.43. The van der Waals surface area contributed by atoms with E-state index in [1.165, 1.54) is 0 Å². The van der Waals surface area contributed by atoms with Gasteiger partial charge in [-0.05, 0) is 38.6 Å². The van der Waals surface area contributed by atoms with E-state index in [1.54, 1.807) is 0 Å². The van der Waals surface area contributed by atoms with E-state index in [2.05, 4.69) is 5.32 Å². The van der Waals surface area contributed by atoms with Crippen molar-refractivity contribution in [2.24, 2.45) is 23.5 Å². The van der Waals surface area contributed by atoms with Gasteiger partial charge < -0.3 is 11.1 Å². The first kappa shape index (κ1) is 16.3. The standard InChI is InChI=1S/C13H23F3N2O/c1-8(7-17)9(2)18-12(19)10-4-3-5-11(6-10)13(14,15)16/h8-11H,3-7,17H2,1-2H3,(H,18,19). The summed E-state index contributed by atoms with van der Waals surface area (Å²) in [6, 6.07) is -0.108. The van der Waals surface area contributed by atoms with Crippen LogP contribution in [0.4, 0.5) is 13.2 Å². The summed E-state index contributed by atoms with van der Waals surface area (Å²) in [6.07, 6.45) is -3.12. The topological polar surface area (TPSA) is 55.1 Å². The van der Waals surface area contributed by atoms with Crippen LogP contribution in [0.1, 0.15) is 39.5 Å². The molecule has 1 rings (SSSR count). The molecule has 0 saturated heterocycles. The van der Waals surface area contributed by atoms with E-state index in [1.807, 2.05) is 13.8 Å². The lowest BCUT2D eigenvalue weighted by Crippen LogP contribution is -2.44. The van der Waals surface area contributed by atoms with E-state index < -0.39 is 18.0 Å². The molecule has 4 atom stereocenters. The number of amides is 1. The highest BCUT2D eigenvalue weighted by molar-refractivity contribution is 5.79. The van der Waals surface area contributed by atoms with E-state index in [0.717, 1.165) is 0 Å². The smallest absolute Gasteiger partial charge is 0.353 e. The van der Waals surface area contributed by atoms with Crippen molar-refractivity contribution in [2.75, 3.05) is 6.54 Å². The number of rotatable bonds is 4. The normalized spacial score (nSPS) is 27.7. The van der Waals surface area contributed by atoms with Gasteiger partial charge in [0.05, 0.1) is 5.92 Å². The molecule has 0 aromatic rings. The predicted octanol–water partition coefficient (Wildman–Crippen LogP) is 2.45. The molecule has 112 valence electrons. The number of carbonyl (C=O) groups is 1. The number of nitrogens with two attached hydrogens (primary N) is 1. The van der Waals surface area contributed by atoms with Crippen molar-refractivity contribution < 1.29 is 18.0 Å². The van der Waals surface area contributed by atoms with Crippen LogP contribution in [0.15, 0.2) is 0 Å². The number of halogens is 3. The quantitative estimate of drug-likeness (QED) is 0.831. The number of hydrogen-bond donors (Lipinski definition) is 2. The molecule has 4 unspecified atom stereocenters. The van der Waals surface area contributed by atoms with Crippen molar-refractivity contribution in [3.05, 3.63) is 0 Å². The Bertz CT molecular complexity index is 307. The largest absolute Gasteiger partial charge is 0.391 e. The van der Waals surface area contributed by atoms with Crippen LogP contribution in [0.5, 0.6) is 0 Å². The summed E-state index contributed by atoms with van der Waals surface area (Å²) in [5.41, 5.74) is 5.51. The molecule has 1 fully saturated rings. The number of nitrogens with one attached hydrogen (secondary N) is 1. The van der Waals surface area contributed by atoms with E-state index in [0.29, 0.717) is 19.4 Å². The first-order valence-corrected chi connectivity index (χ1v) is 6.82. The Hall–Kier alpha value is -0.780. The maximum Gasteiger partial charge on any atom is 0.391 e. The zero-order valence-electron chi connectivity index (χ0n) is 11.5. The van der Waals surface area contributed by atoms with E-state index in [-0.39, 0.29) is 30.7 Å². The minimum absolute atomic E-state index is 0.0843. The third-order valence-corrected chi connectivity index (χ3v) is 4.10. The third-order valence-electron chi connectivity index (χ3n) is 4.10. The van der Waals surface area contributed by atoms with Crippen LogP contribution < -0.4 is 11.1 Å². The molecule has 0 bridgehead atoms. The fourth-order valence-corrected chi connectivity index (χ4v) is 2.41. The van der Waals surface area contributed by atoms with Crippen LogP contribution in [0.2, 0.25) is 0 Å². The van der Waals surface area contributed by atoms with Crippen molar-refractivity contribution in [2.45, 2.75) is 51.7 Å². The van der Waals surface area contributed by atoms with Crippen LogP contribution in [-0.4, -0.2) is 24.7 Å². The molecule has 0 aromatic carbocycles. The summed E-state index contributed by atoms with van der Waals surface area (Å²) in [7, 11) is 0. The van der Waals surface area contributed by atoms with E-state index >= 15 is 0 Å². The fraction of sp³-hybridized carbons (Fsp3) is 0.923. The lowest BCUT2D eigenvalue weighted by Gasteiger charge is -2.31. The molecule has 19 heavy (non-hydrogen) atoms. The number of hydrogen-bond acceptors (Lipinski definition) is 2. The Balaban J connectivity index is 2.53. The second-order valence-electron chi connectivity index (χ2n) is 5.61. The zero-order chi connectivity index (χ0) is 14.6. The summed E-state index contributed by atoms with van der Waals surface area (Å²) in [6.45, 7) is 4.18. The molecule has 6 heteroatoms. The molecule has 0 aliphatic heterocycles. The Morgan fingerprint density at radius 3 is 2.53 bits per heavy atom. The molecule has 0 spiro atoms. The Kier molecular flexibility index (Phi) is 5.64. The molecule has 1 saturated carbocycles. The summed E-state index contributed by atoms with van der Waals surface area (Å²) in [5, 5.41) is 2.79. The van der Waals surface area contributed by atoms with Crippen molar-refractivity contribution in [3.8, 4) is 0 Å². The third kappa shape index (κ3) is 4.67. The Morgan fingerprint density at radius 2 is 2.00 bits per heavy atom. The van der Waals surface area contributed by atoms with Gasteiger partial charge in [0.25, 0.3) is 0 Å². The van der Waals surface area contributed by atoms with Gasteiger partial charge in [0, 0.05) is 12.0 Å². The van der Waals surface area contributed by atoms with Gasteiger partial charge in [-0.3, -0.25) is 4.79 Å². The average Bonchev–Trinajstić information content (AvgIpc) is 2.36. The molecule has 3 nitrogen and oxygen atoms in total. The Labute approximate surface area is 112 Å². The number of carbonyl (C=O) groups excluding carboxylic acids is 1. The fourth-order valence-electron chi connectivity index (χ4n) is 2.41. The Morgan fingerprint density at radius 1 is 1.37 bits per heavy atom. The maximum atomic E-state index is 12.7. The lowest BCUT2D eigenvalue weighted by molar-refractivity contribution is -0.186. The van der Waals surface area contributed by atoms with Crippen molar-refractivity contribution in [1.29, 1.82) is 0 Å². The lowest BCUT2D eigenvalue weighted by atomic mass is 9.80. The monoisotopic (exact) mass is 280 g/mol. The van der Waals surface area contributed by atoms with Gasteiger partial charge in [-0.2, -0.15) is 13.2 Å². The minimum atomic E-state index is -4.19. The first-order chi connectivity index (χ1) is 8.75. The van der Waals surface area contributed by atoms with Gasteiger partial charge in [-0.1, -0.05) is 13.3 Å². The summed E-state index contributed by atoms with van der Waals surface area (Å²) in [5.74, 6) is -2.00. The molecule has 0 heterocycles. The molecule has 1 aliphatic rings. The summed E-state index contributed by atoms with van der Waals surface area (Å²) < 4.78 is 38.0. The van der Waals surface area contributed by atoms with Gasteiger partial charge in [-0.15, -0.1) is 0 Å². The van der Waals surface area contributed by atoms with Crippen LogP contribution in [0, 0.1) is 17.8 Å². The zero-order valence-corrected chi connectivity index (χ0v) is 11.5. The van der Waals surface area contributed by atoms with Crippen LogP contribution in [-0.2, 0) is 4.79 Å². The molecule has 0 radical (unpaired) electrons. The van der Waals surface area contributed by atoms with E-state index in [9.17, 15) is 18.0 Å². The van der Waals surface area contributed by atoms with Crippen molar-refractivity contribution >= 4 is 5.91 Å². The van der Waals surface area contributed by atoms with Gasteiger partial charge in [-0.25, -0.2) is 0 Å². The second kappa shape index (κ2) is 6.59. The highest BCUT2D eigenvalue weighted by Crippen LogP contribution is 2.39. The van der Waals surface area contributed by atoms with Gasteiger partial charge in [0.2, 0.25) is 5.91 Å². The maximum absolute atomic E-state index is 12.7. The SMILES string of the molecule is CC(CN)C(C)NC(=O)C1CCCC(C(F)(F)F)C1. The molecule has 3 N–H and O–H groups in total. The van der Waals surface area contributed by atoms with E-state index in [4.69, 9.17) is 5.73 Å². The first-order valence-electron chi connectivity index (χ1n) is 6.82. The van der Waals surface area contributed by atoms with Crippen LogP contribution >= 0.6 is 0 Å². The van der Waals surface area contributed by atoms with Crippen LogP contribution in [0.25, 0.3) is 0 Å². The predicted molar refractivity (Wildman–Crippen MR) is 67.3 cm³/mol. The van der Waals surface area contributed by atoms with Crippen LogP contribution in [0.3, 0.4) is 0 Å². The van der Waals surface area contributed by atoms with Crippen molar-refractivity contribution in [1.82, 2.24) is 5.32 Å².